The molecule has 0 fully saturated rings. The first-order valence-electron chi connectivity index (χ1n) is 7.42. The van der Waals surface area contributed by atoms with Crippen LogP contribution < -0.4 is 10.6 Å². The van der Waals surface area contributed by atoms with Gasteiger partial charge in [-0.25, -0.2) is 4.98 Å². The van der Waals surface area contributed by atoms with Crippen molar-refractivity contribution in [2.24, 2.45) is 5.92 Å². The van der Waals surface area contributed by atoms with Crippen LogP contribution in [0.5, 0.6) is 0 Å². The molecule has 25 heavy (non-hydrogen) atoms. The third-order valence-electron chi connectivity index (χ3n) is 3.08. The van der Waals surface area contributed by atoms with E-state index in [4.69, 9.17) is 11.6 Å². The Kier molecular flexibility index (Phi) is 8.01. The van der Waals surface area contributed by atoms with E-state index in [0.717, 1.165) is 24.0 Å². The average Bonchev–Trinajstić information content (AvgIpc) is 2.48. The highest BCUT2D eigenvalue weighted by Crippen LogP contribution is 2.33. The number of aromatic nitrogens is 1. The molecule has 1 rings (SSSR count). The van der Waals surface area contributed by atoms with Crippen molar-refractivity contribution < 1.29 is 22.8 Å². The van der Waals surface area contributed by atoms with Gasteiger partial charge in [0.15, 0.2) is 0 Å². The smallest absolute Gasteiger partial charge is 0.353 e. The fraction of sp³-hybridized carbons (Fsp3) is 0.533. The molecular weight excluding hydrogens is 379 g/mol. The molecule has 0 unspecified atom stereocenters. The summed E-state index contributed by atoms with van der Waals surface area (Å²) in [6.07, 6.45) is -3.78. The lowest BCUT2D eigenvalue weighted by molar-refractivity contribution is -0.137. The zero-order valence-electron chi connectivity index (χ0n) is 13.9. The zero-order chi connectivity index (χ0) is 19.2. The maximum atomic E-state index is 12.5. The van der Waals surface area contributed by atoms with Gasteiger partial charge in [0.05, 0.1) is 10.6 Å². The lowest BCUT2D eigenvalue weighted by atomic mass is 10.0. The lowest BCUT2D eigenvalue weighted by Crippen LogP contribution is -2.49. The predicted molar refractivity (Wildman–Crippen MR) is 90.4 cm³/mol. The van der Waals surface area contributed by atoms with Gasteiger partial charge in [-0.15, -0.1) is 11.8 Å². The van der Waals surface area contributed by atoms with Crippen LogP contribution in [-0.2, 0) is 15.8 Å². The van der Waals surface area contributed by atoms with Gasteiger partial charge in [0.1, 0.15) is 11.1 Å². The molecule has 1 atom stereocenters. The molecule has 5 nitrogen and oxygen atoms in total. The molecule has 1 aromatic rings. The van der Waals surface area contributed by atoms with E-state index in [9.17, 15) is 22.8 Å². The van der Waals surface area contributed by atoms with Gasteiger partial charge < -0.3 is 10.6 Å². The number of amides is 2. The van der Waals surface area contributed by atoms with E-state index >= 15 is 0 Å². The molecule has 0 radical (unpaired) electrons. The number of rotatable bonds is 7. The Labute approximate surface area is 153 Å². The average molecular weight is 398 g/mol. The lowest BCUT2D eigenvalue weighted by Gasteiger charge is -2.20. The van der Waals surface area contributed by atoms with E-state index in [1.54, 1.807) is 13.8 Å². The van der Waals surface area contributed by atoms with Crippen LogP contribution in [0.4, 0.5) is 13.2 Å². The summed E-state index contributed by atoms with van der Waals surface area (Å²) < 4.78 is 37.6. The van der Waals surface area contributed by atoms with Crippen LogP contribution in [0.3, 0.4) is 0 Å². The van der Waals surface area contributed by atoms with E-state index in [1.807, 2.05) is 0 Å². The molecular formula is C15H19ClF3N3O2S. The first kappa shape index (κ1) is 21.6. The summed E-state index contributed by atoms with van der Waals surface area (Å²) in [6, 6.07) is 0.177. The number of hydrogen-bond donors (Lipinski definition) is 2. The summed E-state index contributed by atoms with van der Waals surface area (Å²) in [7, 11) is 0. The first-order chi connectivity index (χ1) is 11.5. The number of halogens is 4. The minimum Gasteiger partial charge on any atom is -0.353 e. The Balaban J connectivity index is 2.52. The third kappa shape index (κ3) is 7.11. The molecule has 1 aromatic heterocycles. The number of carbonyl (C=O) groups excluding carboxylic acids is 2. The van der Waals surface area contributed by atoms with E-state index in [2.05, 4.69) is 15.6 Å². The molecule has 0 aromatic carbocycles. The third-order valence-corrected chi connectivity index (χ3v) is 4.49. The summed E-state index contributed by atoms with van der Waals surface area (Å²) in [5.41, 5.74) is -0.912. The van der Waals surface area contributed by atoms with Gasteiger partial charge in [-0.2, -0.15) is 13.2 Å². The van der Waals surface area contributed by atoms with Gasteiger partial charge in [-0.3, -0.25) is 9.59 Å². The number of nitrogens with one attached hydrogen (secondary N) is 2. The van der Waals surface area contributed by atoms with Crippen LogP contribution in [0, 0.1) is 5.92 Å². The highest BCUT2D eigenvalue weighted by Gasteiger charge is 2.31. The van der Waals surface area contributed by atoms with Crippen molar-refractivity contribution in [3.8, 4) is 0 Å². The van der Waals surface area contributed by atoms with Crippen LogP contribution in [0.2, 0.25) is 5.02 Å². The Bertz CT molecular complexity index is 627. The molecule has 0 aliphatic carbocycles. The van der Waals surface area contributed by atoms with Gasteiger partial charge in [-0.05, 0) is 12.0 Å². The van der Waals surface area contributed by atoms with Gasteiger partial charge in [0.2, 0.25) is 11.8 Å². The topological polar surface area (TPSA) is 71.1 Å². The van der Waals surface area contributed by atoms with Crippen LogP contribution in [0.1, 0.15) is 26.3 Å². The van der Waals surface area contributed by atoms with Crippen molar-refractivity contribution in [1.82, 2.24) is 15.6 Å². The van der Waals surface area contributed by atoms with Crippen LogP contribution in [-0.4, -0.2) is 35.1 Å². The second kappa shape index (κ2) is 9.28. The summed E-state index contributed by atoms with van der Waals surface area (Å²) in [4.78, 5) is 26.9. The molecule has 0 aliphatic rings. The SMILES string of the molecule is CC(=O)N[C@H](C(=O)NCCSc1ncc(C(F)(F)F)cc1Cl)C(C)C. The van der Waals surface area contributed by atoms with E-state index in [0.29, 0.717) is 5.75 Å². The summed E-state index contributed by atoms with van der Waals surface area (Å²) >= 11 is 6.94. The summed E-state index contributed by atoms with van der Waals surface area (Å²) in [6.45, 7) is 5.20. The number of carbonyl (C=O) groups is 2. The Morgan fingerprint density at radius 1 is 1.36 bits per heavy atom. The normalized spacial score (nSPS) is 12.8. The first-order valence-corrected chi connectivity index (χ1v) is 8.79. The Morgan fingerprint density at radius 3 is 2.48 bits per heavy atom. The molecule has 10 heteroatoms. The van der Waals surface area contributed by atoms with E-state index < -0.39 is 17.8 Å². The molecule has 1 heterocycles. The predicted octanol–water partition coefficient (Wildman–Crippen LogP) is 3.12. The molecule has 0 saturated carbocycles. The molecule has 0 spiro atoms. The van der Waals surface area contributed by atoms with E-state index in [-0.39, 0.29) is 34.3 Å². The highest BCUT2D eigenvalue weighted by atomic mass is 35.5. The largest absolute Gasteiger partial charge is 0.417 e. The fourth-order valence-electron chi connectivity index (χ4n) is 1.87. The fourth-order valence-corrected chi connectivity index (χ4v) is 2.92. The van der Waals surface area contributed by atoms with Gasteiger partial charge in [-0.1, -0.05) is 25.4 Å². The quantitative estimate of drug-likeness (QED) is 0.547. The second-order valence-corrected chi connectivity index (χ2v) is 7.06. The van der Waals surface area contributed by atoms with Crippen LogP contribution in [0.15, 0.2) is 17.3 Å². The Morgan fingerprint density at radius 2 is 2.00 bits per heavy atom. The van der Waals surface area contributed by atoms with Gasteiger partial charge in [0, 0.05) is 25.4 Å². The number of pyridine rings is 1. The maximum Gasteiger partial charge on any atom is 0.417 e. The molecule has 2 N–H and O–H groups in total. The van der Waals surface area contributed by atoms with Gasteiger partial charge >= 0.3 is 6.18 Å². The van der Waals surface area contributed by atoms with Crippen molar-refractivity contribution >= 4 is 35.2 Å². The Hall–Kier alpha value is -1.48. The van der Waals surface area contributed by atoms with Gasteiger partial charge in [0.25, 0.3) is 0 Å². The molecule has 0 saturated heterocycles. The second-order valence-electron chi connectivity index (χ2n) is 5.57. The summed E-state index contributed by atoms with van der Waals surface area (Å²) in [5.74, 6) is -0.335. The van der Waals surface area contributed by atoms with E-state index in [1.165, 1.54) is 6.92 Å². The standard InChI is InChI=1S/C15H19ClF3N3O2S/c1-8(2)12(22-9(3)23)13(24)20-4-5-25-14-11(16)6-10(7-21-14)15(17,18)19/h6-8,12H,4-5H2,1-3H3,(H,20,24)(H,22,23)/t12-/m0/s1. The zero-order valence-corrected chi connectivity index (χ0v) is 15.5. The number of hydrogen-bond acceptors (Lipinski definition) is 4. The molecule has 0 aliphatic heterocycles. The molecule has 140 valence electrons. The number of nitrogens with zero attached hydrogens (tertiary/aromatic N) is 1. The molecule has 0 bridgehead atoms. The highest BCUT2D eigenvalue weighted by molar-refractivity contribution is 7.99. The van der Waals surface area contributed by atoms with Crippen molar-refractivity contribution in [2.45, 2.75) is 38.0 Å². The maximum absolute atomic E-state index is 12.5. The van der Waals surface area contributed by atoms with Crippen LogP contribution in [0.25, 0.3) is 0 Å². The minimum atomic E-state index is -4.50. The monoisotopic (exact) mass is 397 g/mol. The van der Waals surface area contributed by atoms with Crippen LogP contribution >= 0.6 is 23.4 Å². The van der Waals surface area contributed by atoms with Crippen molar-refractivity contribution in [2.75, 3.05) is 12.3 Å². The van der Waals surface area contributed by atoms with Crippen molar-refractivity contribution in [1.29, 1.82) is 0 Å². The summed E-state index contributed by atoms with van der Waals surface area (Å²) in [5, 5.41) is 5.40. The minimum absolute atomic E-state index is 0.0809. The van der Waals surface area contributed by atoms with Crippen molar-refractivity contribution in [3.05, 3.63) is 22.8 Å². The number of thioether (sulfide) groups is 1. The molecule has 2 amide bonds. The number of alkyl halides is 3. The van der Waals surface area contributed by atoms with Crippen molar-refractivity contribution in [3.63, 3.8) is 0 Å².